The first-order valence-electron chi connectivity index (χ1n) is 8.07. The Morgan fingerprint density at radius 3 is 2.64 bits per heavy atom. The molecule has 0 saturated carbocycles. The zero-order chi connectivity index (χ0) is 18.2. The maximum atomic E-state index is 12.0. The largest absolute Gasteiger partial charge is 0.455 e. The first-order chi connectivity index (χ1) is 12.0. The van der Waals surface area contributed by atoms with Crippen molar-refractivity contribution in [3.63, 3.8) is 0 Å². The summed E-state index contributed by atoms with van der Waals surface area (Å²) in [4.78, 5) is 29.8. The Kier molecular flexibility index (Phi) is 6.51. The minimum Gasteiger partial charge on any atom is -0.455 e. The summed E-state index contributed by atoms with van der Waals surface area (Å²) in [7, 11) is 0. The lowest BCUT2D eigenvalue weighted by Crippen LogP contribution is -2.35. The minimum absolute atomic E-state index is 0.0454. The van der Waals surface area contributed by atoms with E-state index in [2.05, 4.69) is 11.6 Å². The molecular formula is C19H22N2O4. The normalized spacial score (nSPS) is 10.3. The number of aromatic nitrogens is 1. The van der Waals surface area contributed by atoms with Gasteiger partial charge < -0.3 is 14.1 Å². The van der Waals surface area contributed by atoms with Crippen LogP contribution in [0.25, 0.3) is 11.5 Å². The molecule has 0 N–H and O–H groups in total. The van der Waals surface area contributed by atoms with E-state index in [9.17, 15) is 9.59 Å². The van der Waals surface area contributed by atoms with Crippen LogP contribution in [0, 0.1) is 0 Å². The first kappa shape index (κ1) is 18.4. The Labute approximate surface area is 147 Å². The second kappa shape index (κ2) is 8.82. The van der Waals surface area contributed by atoms with E-state index >= 15 is 0 Å². The predicted molar refractivity (Wildman–Crippen MR) is 93.7 cm³/mol. The summed E-state index contributed by atoms with van der Waals surface area (Å²) in [6, 6.07) is 9.39. The number of ether oxygens (including phenoxy) is 1. The van der Waals surface area contributed by atoms with Crippen molar-refractivity contribution in [3.05, 3.63) is 54.4 Å². The zero-order valence-corrected chi connectivity index (χ0v) is 14.5. The standard InChI is InChI=1S/C19H22N2O4/c1-4-21(11-14(2)3)17(22)13-24-18(23)10-16-12-25-19(20-16)15-8-6-5-7-9-15/h5-9,12H,2,4,10-11,13H2,1,3H3. The van der Waals surface area contributed by atoms with Crippen LogP contribution in [-0.4, -0.2) is 41.5 Å². The number of amides is 1. The van der Waals surface area contributed by atoms with Crippen molar-refractivity contribution in [1.82, 2.24) is 9.88 Å². The van der Waals surface area contributed by atoms with Crippen molar-refractivity contribution in [2.24, 2.45) is 0 Å². The lowest BCUT2D eigenvalue weighted by molar-refractivity contribution is -0.151. The molecule has 0 fully saturated rings. The minimum atomic E-state index is -0.521. The van der Waals surface area contributed by atoms with Crippen LogP contribution in [0.5, 0.6) is 0 Å². The van der Waals surface area contributed by atoms with Crippen LogP contribution in [0.3, 0.4) is 0 Å². The Morgan fingerprint density at radius 1 is 1.28 bits per heavy atom. The van der Waals surface area contributed by atoms with Gasteiger partial charge in [0, 0.05) is 18.7 Å². The number of hydrogen-bond acceptors (Lipinski definition) is 5. The maximum absolute atomic E-state index is 12.0. The topological polar surface area (TPSA) is 72.6 Å². The molecule has 1 heterocycles. The van der Waals surface area contributed by atoms with Crippen molar-refractivity contribution in [2.45, 2.75) is 20.3 Å². The van der Waals surface area contributed by atoms with Crippen LogP contribution >= 0.6 is 0 Å². The van der Waals surface area contributed by atoms with Crippen LogP contribution in [-0.2, 0) is 20.7 Å². The fourth-order valence-corrected chi connectivity index (χ4v) is 2.24. The molecule has 25 heavy (non-hydrogen) atoms. The highest BCUT2D eigenvalue weighted by Gasteiger charge is 2.16. The molecule has 2 aromatic rings. The fourth-order valence-electron chi connectivity index (χ4n) is 2.24. The lowest BCUT2D eigenvalue weighted by Gasteiger charge is -2.20. The average molecular weight is 342 g/mol. The molecular weight excluding hydrogens is 320 g/mol. The number of nitrogens with zero attached hydrogens (tertiary/aromatic N) is 2. The van der Waals surface area contributed by atoms with E-state index in [1.165, 1.54) is 6.26 Å². The monoisotopic (exact) mass is 342 g/mol. The molecule has 0 aliphatic heterocycles. The highest BCUT2D eigenvalue weighted by atomic mass is 16.5. The summed E-state index contributed by atoms with van der Waals surface area (Å²) in [6.07, 6.45) is 1.38. The summed E-state index contributed by atoms with van der Waals surface area (Å²) in [6.45, 7) is 8.19. The summed E-state index contributed by atoms with van der Waals surface area (Å²) in [5, 5.41) is 0. The van der Waals surface area contributed by atoms with Gasteiger partial charge >= 0.3 is 5.97 Å². The molecule has 0 saturated heterocycles. The van der Waals surface area contributed by atoms with E-state index in [0.717, 1.165) is 11.1 Å². The van der Waals surface area contributed by atoms with Gasteiger partial charge in [-0.15, -0.1) is 0 Å². The van der Waals surface area contributed by atoms with Gasteiger partial charge in [-0.05, 0) is 26.0 Å². The smallest absolute Gasteiger partial charge is 0.312 e. The second-order valence-electron chi connectivity index (χ2n) is 5.71. The molecule has 0 spiro atoms. The molecule has 0 aliphatic rings. The number of carbonyl (C=O) groups excluding carboxylic acids is 2. The molecule has 0 radical (unpaired) electrons. The summed E-state index contributed by atoms with van der Waals surface area (Å²) in [5.41, 5.74) is 2.17. The van der Waals surface area contributed by atoms with Crippen molar-refractivity contribution >= 4 is 11.9 Å². The van der Waals surface area contributed by atoms with Crippen molar-refractivity contribution < 1.29 is 18.7 Å². The molecule has 2 rings (SSSR count). The van der Waals surface area contributed by atoms with E-state index in [-0.39, 0.29) is 18.9 Å². The van der Waals surface area contributed by atoms with Crippen molar-refractivity contribution in [3.8, 4) is 11.5 Å². The molecule has 0 bridgehead atoms. The van der Waals surface area contributed by atoms with Gasteiger partial charge in [0.15, 0.2) is 6.61 Å². The first-order valence-corrected chi connectivity index (χ1v) is 8.07. The Hall–Kier alpha value is -2.89. The van der Waals surface area contributed by atoms with Gasteiger partial charge in [-0.25, -0.2) is 4.98 Å². The van der Waals surface area contributed by atoms with Gasteiger partial charge in [-0.2, -0.15) is 0 Å². The van der Waals surface area contributed by atoms with Gasteiger partial charge in [0.2, 0.25) is 5.89 Å². The number of rotatable bonds is 8. The Bertz CT molecular complexity index is 737. The Balaban J connectivity index is 1.85. The van der Waals surface area contributed by atoms with Crippen LogP contribution in [0.2, 0.25) is 0 Å². The summed E-state index contributed by atoms with van der Waals surface area (Å²) >= 11 is 0. The molecule has 0 atom stereocenters. The molecule has 6 heteroatoms. The third kappa shape index (κ3) is 5.60. The fraction of sp³-hybridized carbons (Fsp3) is 0.316. The molecule has 1 aromatic heterocycles. The SMILES string of the molecule is C=C(C)CN(CC)C(=O)COC(=O)Cc1coc(-c2ccccc2)n1. The van der Waals surface area contributed by atoms with Crippen LogP contribution < -0.4 is 0 Å². The van der Waals surface area contributed by atoms with Gasteiger partial charge in [0.25, 0.3) is 5.91 Å². The Morgan fingerprint density at radius 2 is 2.00 bits per heavy atom. The number of esters is 1. The average Bonchev–Trinajstić information content (AvgIpc) is 3.06. The van der Waals surface area contributed by atoms with Crippen LogP contribution in [0.15, 0.2) is 53.2 Å². The number of carbonyl (C=O) groups is 2. The van der Waals surface area contributed by atoms with Crippen molar-refractivity contribution in [2.75, 3.05) is 19.7 Å². The highest BCUT2D eigenvalue weighted by Crippen LogP contribution is 2.18. The zero-order valence-electron chi connectivity index (χ0n) is 14.5. The van der Waals surface area contributed by atoms with E-state index in [4.69, 9.17) is 9.15 Å². The molecule has 6 nitrogen and oxygen atoms in total. The number of likely N-dealkylation sites (N-methyl/N-ethyl adjacent to an activating group) is 1. The van der Waals surface area contributed by atoms with Crippen LogP contribution in [0.4, 0.5) is 0 Å². The van der Waals surface area contributed by atoms with E-state index in [1.54, 1.807) is 4.90 Å². The maximum Gasteiger partial charge on any atom is 0.312 e. The number of hydrogen-bond donors (Lipinski definition) is 0. The third-order valence-corrected chi connectivity index (χ3v) is 3.45. The molecule has 0 unspecified atom stereocenters. The number of benzene rings is 1. The van der Waals surface area contributed by atoms with Crippen molar-refractivity contribution in [1.29, 1.82) is 0 Å². The quantitative estimate of drug-likeness (QED) is 0.545. The second-order valence-corrected chi connectivity index (χ2v) is 5.71. The third-order valence-electron chi connectivity index (χ3n) is 3.45. The molecule has 1 aromatic carbocycles. The van der Waals surface area contributed by atoms with Gasteiger partial charge in [-0.1, -0.05) is 30.4 Å². The van der Waals surface area contributed by atoms with E-state index in [0.29, 0.717) is 24.7 Å². The molecule has 132 valence electrons. The predicted octanol–water partition coefficient (Wildman–Crippen LogP) is 2.85. The molecule has 0 aliphatic carbocycles. The summed E-state index contributed by atoms with van der Waals surface area (Å²) in [5.74, 6) is -0.324. The van der Waals surface area contributed by atoms with E-state index < -0.39 is 5.97 Å². The van der Waals surface area contributed by atoms with Gasteiger partial charge in [-0.3, -0.25) is 9.59 Å². The lowest BCUT2D eigenvalue weighted by atomic mass is 10.2. The van der Waals surface area contributed by atoms with Gasteiger partial charge in [0.05, 0.1) is 12.1 Å². The van der Waals surface area contributed by atoms with E-state index in [1.807, 2.05) is 44.2 Å². The summed E-state index contributed by atoms with van der Waals surface area (Å²) < 4.78 is 10.4. The number of oxazole rings is 1. The van der Waals surface area contributed by atoms with Gasteiger partial charge in [0.1, 0.15) is 6.26 Å². The van der Waals surface area contributed by atoms with Crippen LogP contribution in [0.1, 0.15) is 19.5 Å². The molecule has 1 amide bonds. The highest BCUT2D eigenvalue weighted by molar-refractivity contribution is 5.81.